The fourth-order valence-electron chi connectivity index (χ4n) is 2.42. The van der Waals surface area contributed by atoms with Crippen LogP contribution >= 0.6 is 0 Å². The number of allylic oxidation sites excluding steroid dienone is 2. The van der Waals surface area contributed by atoms with Crippen molar-refractivity contribution in [3.8, 4) is 0 Å². The number of nitro groups is 1. The molecule has 0 radical (unpaired) electrons. The number of aromatic carboxylic acids is 1. The van der Waals surface area contributed by atoms with Crippen molar-refractivity contribution in [2.75, 3.05) is 0 Å². The fraction of sp³-hybridized carbons (Fsp3) is 0. The van der Waals surface area contributed by atoms with Crippen molar-refractivity contribution in [2.24, 2.45) is 0 Å². The molecular weight excluding hydrogens is 324 g/mol. The second kappa shape index (κ2) is 6.79. The Labute approximate surface area is 141 Å². The highest BCUT2D eigenvalue weighted by atomic mass is 16.6. The van der Waals surface area contributed by atoms with Crippen molar-refractivity contribution < 1.29 is 19.2 Å². The number of carboxylic acids is 1. The molecule has 1 aromatic carbocycles. The van der Waals surface area contributed by atoms with E-state index in [1.54, 1.807) is 42.5 Å². The lowest BCUT2D eigenvalue weighted by Crippen LogP contribution is -2.07. The average Bonchev–Trinajstić information content (AvgIpc) is 3.10. The van der Waals surface area contributed by atoms with Crippen LogP contribution in [0.2, 0.25) is 0 Å². The normalized spacial score (nSPS) is 11.5. The van der Waals surface area contributed by atoms with E-state index in [0.29, 0.717) is 11.3 Å². The maximum Gasteiger partial charge on any atom is 0.343 e. The Morgan fingerprint density at radius 1 is 1.16 bits per heavy atom. The lowest BCUT2D eigenvalue weighted by molar-refractivity contribution is -0.385. The number of pyridine rings is 1. The van der Waals surface area contributed by atoms with Gasteiger partial charge in [-0.3, -0.25) is 10.1 Å². The van der Waals surface area contributed by atoms with Gasteiger partial charge in [0.25, 0.3) is 0 Å². The van der Waals surface area contributed by atoms with E-state index in [9.17, 15) is 20.0 Å². The van der Waals surface area contributed by atoms with Gasteiger partial charge in [0.05, 0.1) is 16.7 Å². The third kappa shape index (κ3) is 3.30. The van der Waals surface area contributed by atoms with Gasteiger partial charge in [0.2, 0.25) is 0 Å². The molecule has 124 valence electrons. The van der Waals surface area contributed by atoms with Crippen molar-refractivity contribution in [1.29, 1.82) is 0 Å². The summed E-state index contributed by atoms with van der Waals surface area (Å²) in [5.74, 6) is -0.747. The summed E-state index contributed by atoms with van der Waals surface area (Å²) in [6, 6.07) is 9.91. The van der Waals surface area contributed by atoms with Gasteiger partial charge in [0, 0.05) is 5.39 Å². The molecule has 7 heteroatoms. The highest BCUT2D eigenvalue weighted by Crippen LogP contribution is 2.30. The molecule has 0 unspecified atom stereocenters. The SMILES string of the molecule is O=C(O)c1c([N+](=O)[O-])c(C=CC=Cc2ccco2)nc2ccccc12. The summed E-state index contributed by atoms with van der Waals surface area (Å²) in [5, 5.41) is 21.1. The number of hydrogen-bond acceptors (Lipinski definition) is 5. The molecule has 0 aliphatic rings. The van der Waals surface area contributed by atoms with Gasteiger partial charge < -0.3 is 9.52 Å². The first-order chi connectivity index (χ1) is 12.1. The van der Waals surface area contributed by atoms with Gasteiger partial charge in [-0.1, -0.05) is 30.4 Å². The van der Waals surface area contributed by atoms with Crippen LogP contribution in [0.3, 0.4) is 0 Å². The lowest BCUT2D eigenvalue weighted by Gasteiger charge is -2.06. The number of carboxylic acid groups (broad SMARTS) is 1. The molecule has 1 N–H and O–H groups in total. The summed E-state index contributed by atoms with van der Waals surface area (Å²) in [6.45, 7) is 0. The number of furan rings is 1. The van der Waals surface area contributed by atoms with E-state index in [0.717, 1.165) is 0 Å². The Balaban J connectivity index is 2.11. The molecule has 0 aliphatic heterocycles. The van der Waals surface area contributed by atoms with Crippen molar-refractivity contribution in [2.45, 2.75) is 0 Å². The number of aromatic nitrogens is 1. The maximum atomic E-state index is 11.6. The molecule has 0 saturated heterocycles. The van der Waals surface area contributed by atoms with Crippen LogP contribution in [0.25, 0.3) is 23.1 Å². The van der Waals surface area contributed by atoms with E-state index >= 15 is 0 Å². The topological polar surface area (TPSA) is 106 Å². The number of para-hydroxylation sites is 1. The van der Waals surface area contributed by atoms with Crippen LogP contribution in [0.15, 0.2) is 59.2 Å². The first kappa shape index (κ1) is 16.1. The largest absolute Gasteiger partial charge is 0.477 e. The van der Waals surface area contributed by atoms with E-state index in [1.807, 2.05) is 0 Å². The van der Waals surface area contributed by atoms with Crippen LogP contribution in [-0.4, -0.2) is 21.0 Å². The Bertz CT molecular complexity index is 1000. The molecule has 3 aromatic rings. The quantitative estimate of drug-likeness (QED) is 0.426. The molecule has 25 heavy (non-hydrogen) atoms. The molecule has 0 bridgehead atoms. The van der Waals surface area contributed by atoms with Gasteiger partial charge in [-0.2, -0.15) is 0 Å². The third-order valence-electron chi connectivity index (χ3n) is 3.46. The number of fused-ring (bicyclic) bond motifs is 1. The van der Waals surface area contributed by atoms with Crippen LogP contribution in [0.4, 0.5) is 5.69 Å². The number of hydrogen-bond donors (Lipinski definition) is 1. The number of carbonyl (C=O) groups is 1. The first-order valence-corrected chi connectivity index (χ1v) is 7.26. The molecular formula is C18H12N2O5. The van der Waals surface area contributed by atoms with Gasteiger partial charge >= 0.3 is 11.7 Å². The van der Waals surface area contributed by atoms with Crippen molar-refractivity contribution in [1.82, 2.24) is 4.98 Å². The summed E-state index contributed by atoms with van der Waals surface area (Å²) < 4.78 is 5.13. The van der Waals surface area contributed by atoms with Crippen molar-refractivity contribution >= 4 is 34.7 Å². The zero-order valence-electron chi connectivity index (χ0n) is 12.8. The maximum absolute atomic E-state index is 11.6. The monoisotopic (exact) mass is 336 g/mol. The van der Waals surface area contributed by atoms with E-state index in [-0.39, 0.29) is 16.6 Å². The Morgan fingerprint density at radius 2 is 1.92 bits per heavy atom. The highest BCUT2D eigenvalue weighted by Gasteiger charge is 2.27. The molecule has 0 saturated carbocycles. The predicted octanol–water partition coefficient (Wildman–Crippen LogP) is 4.16. The summed E-state index contributed by atoms with van der Waals surface area (Å²) >= 11 is 0. The van der Waals surface area contributed by atoms with Gasteiger partial charge in [-0.05, 0) is 30.4 Å². The van der Waals surface area contributed by atoms with E-state index in [4.69, 9.17) is 4.42 Å². The number of nitrogens with zero attached hydrogens (tertiary/aromatic N) is 2. The Morgan fingerprint density at radius 3 is 2.60 bits per heavy atom. The smallest absolute Gasteiger partial charge is 0.343 e. The van der Waals surface area contributed by atoms with E-state index in [2.05, 4.69) is 4.98 Å². The summed E-state index contributed by atoms with van der Waals surface area (Å²) in [4.78, 5) is 26.5. The number of rotatable bonds is 5. The van der Waals surface area contributed by atoms with E-state index in [1.165, 1.54) is 24.5 Å². The van der Waals surface area contributed by atoms with Gasteiger partial charge in [0.1, 0.15) is 17.0 Å². The van der Waals surface area contributed by atoms with E-state index < -0.39 is 16.6 Å². The van der Waals surface area contributed by atoms with Gasteiger partial charge in [-0.15, -0.1) is 0 Å². The Hall–Kier alpha value is -3.74. The highest BCUT2D eigenvalue weighted by molar-refractivity contribution is 6.07. The van der Waals surface area contributed by atoms with Crippen molar-refractivity contribution in [3.63, 3.8) is 0 Å². The van der Waals surface area contributed by atoms with Crippen LogP contribution in [0.5, 0.6) is 0 Å². The first-order valence-electron chi connectivity index (χ1n) is 7.26. The molecule has 0 aliphatic carbocycles. The third-order valence-corrected chi connectivity index (χ3v) is 3.46. The van der Waals surface area contributed by atoms with Crippen LogP contribution in [0, 0.1) is 10.1 Å². The minimum Gasteiger partial charge on any atom is -0.477 e. The molecule has 0 spiro atoms. The minimum absolute atomic E-state index is 0.0230. The zero-order chi connectivity index (χ0) is 17.8. The van der Waals surface area contributed by atoms with Gasteiger partial charge in [0.15, 0.2) is 0 Å². The standard InChI is InChI=1S/C18H12N2O5/c21-18(22)16-13-8-2-4-9-14(13)19-15(17(16)20(23)24)10-3-1-6-12-7-5-11-25-12/h1-11H,(H,21,22). The zero-order valence-corrected chi connectivity index (χ0v) is 12.8. The molecule has 2 heterocycles. The molecule has 7 nitrogen and oxygen atoms in total. The lowest BCUT2D eigenvalue weighted by atomic mass is 10.0. The summed E-state index contributed by atoms with van der Waals surface area (Å²) in [5.41, 5.74) is -0.551. The van der Waals surface area contributed by atoms with Crippen LogP contribution < -0.4 is 0 Å². The molecule has 0 amide bonds. The van der Waals surface area contributed by atoms with Gasteiger partial charge in [-0.25, -0.2) is 9.78 Å². The number of benzene rings is 1. The second-order valence-corrected chi connectivity index (χ2v) is 5.03. The molecule has 0 fully saturated rings. The van der Waals surface area contributed by atoms with Crippen molar-refractivity contribution in [3.05, 3.63) is 81.9 Å². The molecule has 3 rings (SSSR count). The molecule has 2 aromatic heterocycles. The Kier molecular flexibility index (Phi) is 4.38. The summed E-state index contributed by atoms with van der Waals surface area (Å²) in [7, 11) is 0. The average molecular weight is 336 g/mol. The second-order valence-electron chi connectivity index (χ2n) is 5.03. The van der Waals surface area contributed by atoms with Crippen LogP contribution in [-0.2, 0) is 0 Å². The van der Waals surface area contributed by atoms with Crippen LogP contribution in [0.1, 0.15) is 21.8 Å². The fourth-order valence-corrected chi connectivity index (χ4v) is 2.42. The summed E-state index contributed by atoms with van der Waals surface area (Å²) in [6.07, 6.45) is 7.76. The predicted molar refractivity (Wildman–Crippen MR) is 92.1 cm³/mol. The molecule has 0 atom stereocenters. The minimum atomic E-state index is -1.37.